The van der Waals surface area contributed by atoms with Crippen LogP contribution in [0.3, 0.4) is 0 Å². The third-order valence-corrected chi connectivity index (χ3v) is 4.98. The normalized spacial score (nSPS) is 16.2. The van der Waals surface area contributed by atoms with Gasteiger partial charge in [-0.3, -0.25) is 9.89 Å². The number of H-pyrrole nitrogens is 1. The van der Waals surface area contributed by atoms with Gasteiger partial charge in [-0.15, -0.1) is 5.10 Å². The Morgan fingerprint density at radius 3 is 2.72 bits per heavy atom. The maximum absolute atomic E-state index is 14.2. The van der Waals surface area contributed by atoms with Gasteiger partial charge in [0.05, 0.1) is 23.1 Å². The minimum atomic E-state index is -0.447. The highest BCUT2D eigenvalue weighted by Crippen LogP contribution is 2.30. The van der Waals surface area contributed by atoms with Gasteiger partial charge >= 0.3 is 0 Å². The molecule has 0 unspecified atom stereocenters. The van der Waals surface area contributed by atoms with E-state index in [9.17, 15) is 9.18 Å². The van der Waals surface area contributed by atoms with Gasteiger partial charge in [0.15, 0.2) is 5.82 Å². The molecule has 0 spiro atoms. The van der Waals surface area contributed by atoms with Gasteiger partial charge in [0, 0.05) is 29.4 Å². The van der Waals surface area contributed by atoms with Crippen LogP contribution < -0.4 is 5.56 Å². The van der Waals surface area contributed by atoms with E-state index in [1.807, 2.05) is 12.1 Å². The molecule has 3 heterocycles. The first kappa shape index (κ1) is 14.5. The van der Waals surface area contributed by atoms with Crippen LogP contribution in [-0.2, 0) is 4.74 Å². The summed E-state index contributed by atoms with van der Waals surface area (Å²) in [5.74, 6) is -0.447. The third kappa shape index (κ3) is 2.09. The fourth-order valence-electron chi connectivity index (χ4n) is 3.73. The van der Waals surface area contributed by atoms with E-state index in [0.717, 1.165) is 35.3 Å². The lowest BCUT2D eigenvalue weighted by molar-refractivity contribution is 0.0652. The molecule has 0 bridgehead atoms. The van der Waals surface area contributed by atoms with Gasteiger partial charge < -0.3 is 4.74 Å². The Labute approximate surface area is 141 Å². The SMILES string of the molecule is O=c1c2ccc3c(F)cnnc3c3ccc([nH]n1C1CCOCC1)c23. The van der Waals surface area contributed by atoms with Crippen LogP contribution in [0, 0.1) is 5.82 Å². The van der Waals surface area contributed by atoms with E-state index in [0.29, 0.717) is 29.5 Å². The fraction of sp³-hybridized carbons (Fsp3) is 0.278. The summed E-state index contributed by atoms with van der Waals surface area (Å²) in [4.78, 5) is 13.1. The zero-order valence-electron chi connectivity index (χ0n) is 13.3. The van der Waals surface area contributed by atoms with E-state index in [2.05, 4.69) is 15.3 Å². The lowest BCUT2D eigenvalue weighted by Crippen LogP contribution is -2.31. The van der Waals surface area contributed by atoms with E-state index in [1.54, 1.807) is 16.8 Å². The average molecular weight is 338 g/mol. The van der Waals surface area contributed by atoms with Crippen LogP contribution in [0.2, 0.25) is 0 Å². The van der Waals surface area contributed by atoms with Crippen LogP contribution in [0.4, 0.5) is 4.39 Å². The highest BCUT2D eigenvalue weighted by atomic mass is 19.1. The lowest BCUT2D eigenvalue weighted by atomic mass is 10.1. The Kier molecular flexibility index (Phi) is 3.11. The molecule has 4 aromatic rings. The molecule has 5 rings (SSSR count). The number of ether oxygens (including phenoxy) is 1. The summed E-state index contributed by atoms with van der Waals surface area (Å²) in [6, 6.07) is 7.14. The van der Waals surface area contributed by atoms with Crippen molar-refractivity contribution in [2.45, 2.75) is 18.9 Å². The molecule has 2 aromatic carbocycles. The summed E-state index contributed by atoms with van der Waals surface area (Å²) in [6.07, 6.45) is 2.67. The number of nitrogens with zero attached hydrogens (tertiary/aromatic N) is 3. The molecule has 7 heteroatoms. The monoisotopic (exact) mass is 338 g/mol. The zero-order valence-corrected chi connectivity index (χ0v) is 13.3. The molecule has 1 saturated heterocycles. The molecule has 1 aliphatic heterocycles. The van der Waals surface area contributed by atoms with Crippen molar-refractivity contribution in [2.24, 2.45) is 0 Å². The van der Waals surface area contributed by atoms with Crippen molar-refractivity contribution in [2.75, 3.05) is 13.2 Å². The van der Waals surface area contributed by atoms with Gasteiger partial charge in [-0.25, -0.2) is 9.07 Å². The van der Waals surface area contributed by atoms with Crippen molar-refractivity contribution in [3.63, 3.8) is 0 Å². The summed E-state index contributed by atoms with van der Waals surface area (Å²) >= 11 is 0. The van der Waals surface area contributed by atoms with Crippen LogP contribution in [0.25, 0.3) is 32.6 Å². The molecular weight excluding hydrogens is 323 g/mol. The van der Waals surface area contributed by atoms with Crippen molar-refractivity contribution in [3.05, 3.63) is 46.6 Å². The molecular formula is C18H15FN4O2. The number of hydrogen-bond acceptors (Lipinski definition) is 4. The topological polar surface area (TPSA) is 72.8 Å². The first-order valence-corrected chi connectivity index (χ1v) is 8.28. The molecule has 2 aromatic heterocycles. The number of hydrogen-bond donors (Lipinski definition) is 1. The van der Waals surface area contributed by atoms with E-state index in [4.69, 9.17) is 4.74 Å². The number of nitrogens with one attached hydrogen (secondary N) is 1. The minimum Gasteiger partial charge on any atom is -0.381 e. The summed E-state index contributed by atoms with van der Waals surface area (Å²) in [5, 5.41) is 13.5. The predicted octanol–water partition coefficient (Wildman–Crippen LogP) is 2.92. The second-order valence-corrected chi connectivity index (χ2v) is 6.37. The Morgan fingerprint density at radius 2 is 1.88 bits per heavy atom. The van der Waals surface area contributed by atoms with Crippen molar-refractivity contribution < 1.29 is 9.13 Å². The maximum atomic E-state index is 14.2. The van der Waals surface area contributed by atoms with E-state index in [-0.39, 0.29) is 11.6 Å². The van der Waals surface area contributed by atoms with Crippen LogP contribution in [0.5, 0.6) is 0 Å². The third-order valence-electron chi connectivity index (χ3n) is 4.98. The van der Waals surface area contributed by atoms with Gasteiger partial charge in [-0.1, -0.05) is 0 Å². The maximum Gasteiger partial charge on any atom is 0.273 e. The van der Waals surface area contributed by atoms with Crippen LogP contribution in [0.1, 0.15) is 18.9 Å². The number of halogens is 1. The van der Waals surface area contributed by atoms with E-state index < -0.39 is 5.82 Å². The smallest absolute Gasteiger partial charge is 0.273 e. The van der Waals surface area contributed by atoms with Gasteiger partial charge in [-0.05, 0) is 37.1 Å². The van der Waals surface area contributed by atoms with Gasteiger partial charge in [-0.2, -0.15) is 5.10 Å². The van der Waals surface area contributed by atoms with Gasteiger partial charge in [0.1, 0.15) is 5.52 Å². The Bertz CT molecular complexity index is 1170. The van der Waals surface area contributed by atoms with Crippen molar-refractivity contribution in [1.82, 2.24) is 20.0 Å². The van der Waals surface area contributed by atoms with Gasteiger partial charge in [0.2, 0.25) is 0 Å². The van der Waals surface area contributed by atoms with E-state index in [1.165, 1.54) is 0 Å². The standard InChI is InChI=1S/C18H15FN4O2/c19-14-9-20-21-17-11(14)1-2-13-16-12(17)3-4-15(16)22-23(18(13)24)10-5-7-25-8-6-10/h1-4,9-10,22H,5-8H2. The van der Waals surface area contributed by atoms with Crippen LogP contribution in [0.15, 0.2) is 35.3 Å². The molecule has 0 atom stereocenters. The highest BCUT2D eigenvalue weighted by molar-refractivity contribution is 6.17. The Morgan fingerprint density at radius 1 is 1.12 bits per heavy atom. The number of aromatic amines is 1. The molecule has 1 aliphatic rings. The summed E-state index contributed by atoms with van der Waals surface area (Å²) < 4.78 is 21.3. The average Bonchev–Trinajstić information content (AvgIpc) is 2.97. The van der Waals surface area contributed by atoms with Crippen molar-refractivity contribution in [1.29, 1.82) is 0 Å². The molecule has 0 amide bonds. The van der Waals surface area contributed by atoms with Gasteiger partial charge in [0.25, 0.3) is 5.56 Å². The number of rotatable bonds is 1. The molecule has 126 valence electrons. The first-order chi connectivity index (χ1) is 12.2. The molecule has 0 aliphatic carbocycles. The molecule has 25 heavy (non-hydrogen) atoms. The molecule has 1 N–H and O–H groups in total. The fourth-order valence-corrected chi connectivity index (χ4v) is 3.73. The van der Waals surface area contributed by atoms with E-state index >= 15 is 0 Å². The summed E-state index contributed by atoms with van der Waals surface area (Å²) in [5.41, 5.74) is 1.19. The minimum absolute atomic E-state index is 0.0795. The predicted molar refractivity (Wildman–Crippen MR) is 92.2 cm³/mol. The zero-order chi connectivity index (χ0) is 17.0. The largest absolute Gasteiger partial charge is 0.381 e. The molecule has 0 radical (unpaired) electrons. The Balaban J connectivity index is 1.91. The first-order valence-electron chi connectivity index (χ1n) is 8.28. The number of fused-ring (bicyclic) bond motifs is 2. The lowest BCUT2D eigenvalue weighted by Gasteiger charge is -2.24. The number of aromatic nitrogens is 4. The summed E-state index contributed by atoms with van der Waals surface area (Å²) in [6.45, 7) is 1.29. The van der Waals surface area contributed by atoms with Crippen molar-refractivity contribution in [3.8, 4) is 0 Å². The highest BCUT2D eigenvalue weighted by Gasteiger charge is 2.20. The quantitative estimate of drug-likeness (QED) is 0.579. The molecule has 6 nitrogen and oxygen atoms in total. The Hall–Kier alpha value is -2.80. The second-order valence-electron chi connectivity index (χ2n) is 6.37. The molecule has 1 fully saturated rings. The van der Waals surface area contributed by atoms with Crippen molar-refractivity contribution >= 4 is 32.6 Å². The second kappa shape index (κ2) is 5.35. The van der Waals surface area contributed by atoms with Crippen LogP contribution in [-0.4, -0.2) is 33.2 Å². The van der Waals surface area contributed by atoms with Crippen LogP contribution >= 0.6 is 0 Å². The summed E-state index contributed by atoms with van der Waals surface area (Å²) in [7, 11) is 0. The molecule has 0 saturated carbocycles.